The summed E-state index contributed by atoms with van der Waals surface area (Å²) in [5.41, 5.74) is 2.91. The molecule has 1 N–H and O–H groups in total. The van der Waals surface area contributed by atoms with E-state index in [-0.39, 0.29) is 12.2 Å². The van der Waals surface area contributed by atoms with Crippen molar-refractivity contribution >= 4 is 13.3 Å². The monoisotopic (exact) mass is 361 g/mol. The normalized spacial score (nSPS) is 13.2. The Morgan fingerprint density at radius 1 is 0.840 bits per heavy atom. The van der Waals surface area contributed by atoms with Gasteiger partial charge in [-0.15, -0.1) is 0 Å². The Bertz CT molecular complexity index is 685. The Balaban J connectivity index is 2.44. The van der Waals surface area contributed by atoms with E-state index in [0.717, 1.165) is 11.3 Å². The Hall–Kier alpha value is -1.61. The smallest absolute Gasteiger partial charge is 0.357 e. The van der Waals surface area contributed by atoms with Crippen molar-refractivity contribution in [2.24, 2.45) is 0 Å². The van der Waals surface area contributed by atoms with Crippen molar-refractivity contribution < 1.29 is 13.6 Å². The number of rotatable bonds is 8. The number of benzene rings is 2. The summed E-state index contributed by atoms with van der Waals surface area (Å²) in [6, 6.07) is 17.6. The molecule has 0 saturated heterocycles. The molecular formula is C20H28NO3P. The maximum absolute atomic E-state index is 13.7. The van der Waals surface area contributed by atoms with Crippen LogP contribution in [-0.4, -0.2) is 12.2 Å². The average Bonchev–Trinajstić information content (AvgIpc) is 2.53. The third kappa shape index (κ3) is 5.71. The number of hydrogen-bond donors (Lipinski definition) is 1. The van der Waals surface area contributed by atoms with Crippen LogP contribution < -0.4 is 5.32 Å². The van der Waals surface area contributed by atoms with E-state index < -0.39 is 13.4 Å². The first kappa shape index (κ1) is 19.7. The second-order valence-corrected chi connectivity index (χ2v) is 8.69. The summed E-state index contributed by atoms with van der Waals surface area (Å²) >= 11 is 0. The first-order valence-corrected chi connectivity index (χ1v) is 10.3. The van der Waals surface area contributed by atoms with Gasteiger partial charge in [-0.3, -0.25) is 4.57 Å². The van der Waals surface area contributed by atoms with E-state index in [4.69, 9.17) is 9.05 Å². The van der Waals surface area contributed by atoms with Crippen LogP contribution in [0.4, 0.5) is 5.69 Å². The Morgan fingerprint density at radius 3 is 1.84 bits per heavy atom. The number of anilines is 1. The lowest BCUT2D eigenvalue weighted by atomic mass is 10.2. The molecule has 0 aliphatic carbocycles. The molecule has 1 atom stereocenters. The molecule has 0 bridgehead atoms. The lowest BCUT2D eigenvalue weighted by molar-refractivity contribution is 0.138. The summed E-state index contributed by atoms with van der Waals surface area (Å²) in [6.07, 6.45) is -0.425. The zero-order valence-corrected chi connectivity index (χ0v) is 16.5. The van der Waals surface area contributed by atoms with Crippen molar-refractivity contribution in [3.63, 3.8) is 0 Å². The largest absolute Gasteiger partial charge is 0.368 e. The average molecular weight is 361 g/mol. The molecule has 0 spiro atoms. The standard InChI is InChI=1S/C20H28NO3P/c1-15(2)23-25(22,24-16(3)4)20(18-9-7-6-8-10-18)21-19-13-11-17(5)12-14-19/h6-16,20-21H,1-5H3/t20-/m1/s1. The van der Waals surface area contributed by atoms with Crippen LogP contribution in [0.25, 0.3) is 0 Å². The zero-order valence-electron chi connectivity index (χ0n) is 15.6. The van der Waals surface area contributed by atoms with Crippen LogP contribution in [0, 0.1) is 6.92 Å². The van der Waals surface area contributed by atoms with Gasteiger partial charge in [-0.25, -0.2) is 0 Å². The predicted molar refractivity (Wildman–Crippen MR) is 104 cm³/mol. The summed E-state index contributed by atoms with van der Waals surface area (Å²) in [5.74, 6) is -0.582. The molecule has 2 aromatic rings. The summed E-state index contributed by atoms with van der Waals surface area (Å²) in [7, 11) is -3.45. The van der Waals surface area contributed by atoms with Crippen LogP contribution in [0.15, 0.2) is 54.6 Å². The molecule has 0 fully saturated rings. The molecule has 0 unspecified atom stereocenters. The molecular weight excluding hydrogens is 333 g/mol. The van der Waals surface area contributed by atoms with E-state index in [9.17, 15) is 4.57 Å². The second kappa shape index (κ2) is 8.66. The number of nitrogens with one attached hydrogen (secondary N) is 1. The third-order valence-corrected chi connectivity index (χ3v) is 5.99. The van der Waals surface area contributed by atoms with Crippen molar-refractivity contribution in [1.29, 1.82) is 0 Å². The highest BCUT2D eigenvalue weighted by atomic mass is 31.2. The van der Waals surface area contributed by atoms with Crippen molar-refractivity contribution in [2.45, 2.75) is 52.6 Å². The lowest BCUT2D eigenvalue weighted by Crippen LogP contribution is -2.19. The first-order valence-electron chi connectivity index (χ1n) is 8.65. The van der Waals surface area contributed by atoms with Gasteiger partial charge in [-0.2, -0.15) is 0 Å². The summed E-state index contributed by atoms with van der Waals surface area (Å²) in [5, 5.41) is 3.36. The summed E-state index contributed by atoms with van der Waals surface area (Å²) < 4.78 is 25.4. The minimum Gasteiger partial charge on any atom is -0.368 e. The lowest BCUT2D eigenvalue weighted by Gasteiger charge is -2.31. The van der Waals surface area contributed by atoms with Gasteiger partial charge in [0, 0.05) is 5.69 Å². The summed E-state index contributed by atoms with van der Waals surface area (Å²) in [4.78, 5) is 0. The number of hydrogen-bond acceptors (Lipinski definition) is 4. The molecule has 0 heterocycles. The van der Waals surface area contributed by atoms with E-state index in [2.05, 4.69) is 5.32 Å². The van der Waals surface area contributed by atoms with Gasteiger partial charge in [0.2, 0.25) is 0 Å². The highest BCUT2D eigenvalue weighted by Gasteiger charge is 2.39. The Kier molecular flexibility index (Phi) is 6.83. The highest BCUT2D eigenvalue weighted by Crippen LogP contribution is 2.62. The van der Waals surface area contributed by atoms with Gasteiger partial charge in [0.25, 0.3) is 0 Å². The minimum atomic E-state index is -3.45. The van der Waals surface area contributed by atoms with E-state index in [1.165, 1.54) is 5.56 Å². The first-order chi connectivity index (χ1) is 11.8. The fourth-order valence-corrected chi connectivity index (χ4v) is 4.84. The van der Waals surface area contributed by atoms with Crippen molar-refractivity contribution in [3.8, 4) is 0 Å². The molecule has 136 valence electrons. The molecule has 4 nitrogen and oxygen atoms in total. The van der Waals surface area contributed by atoms with Crippen LogP contribution in [0.1, 0.15) is 44.6 Å². The molecule has 25 heavy (non-hydrogen) atoms. The molecule has 0 aliphatic rings. The Labute approximate surface area is 151 Å². The quantitative estimate of drug-likeness (QED) is 0.573. The van der Waals surface area contributed by atoms with Crippen molar-refractivity contribution in [2.75, 3.05) is 5.32 Å². The second-order valence-electron chi connectivity index (χ2n) is 6.67. The molecule has 0 radical (unpaired) electrons. The fourth-order valence-electron chi connectivity index (χ4n) is 2.52. The Morgan fingerprint density at radius 2 is 1.36 bits per heavy atom. The van der Waals surface area contributed by atoms with Crippen LogP contribution in [0.3, 0.4) is 0 Å². The third-order valence-electron chi connectivity index (χ3n) is 3.50. The molecule has 2 rings (SSSR count). The van der Waals surface area contributed by atoms with E-state index in [1.807, 2.05) is 89.2 Å². The van der Waals surface area contributed by atoms with Crippen molar-refractivity contribution in [3.05, 3.63) is 65.7 Å². The maximum Gasteiger partial charge on any atom is 0.357 e. The molecule has 2 aromatic carbocycles. The topological polar surface area (TPSA) is 47.6 Å². The zero-order chi connectivity index (χ0) is 18.4. The van der Waals surface area contributed by atoms with Gasteiger partial charge >= 0.3 is 7.60 Å². The van der Waals surface area contributed by atoms with Gasteiger partial charge in [-0.05, 0) is 52.3 Å². The summed E-state index contributed by atoms with van der Waals surface area (Å²) in [6.45, 7) is 9.50. The van der Waals surface area contributed by atoms with E-state index in [1.54, 1.807) is 0 Å². The molecule has 5 heteroatoms. The minimum absolute atomic E-state index is 0.212. The van der Waals surface area contributed by atoms with Gasteiger partial charge in [0.15, 0.2) is 5.78 Å². The van der Waals surface area contributed by atoms with Crippen LogP contribution in [-0.2, 0) is 13.6 Å². The molecule has 0 saturated carbocycles. The molecule has 0 aromatic heterocycles. The highest BCUT2D eigenvalue weighted by molar-refractivity contribution is 7.54. The number of aryl methyl sites for hydroxylation is 1. The van der Waals surface area contributed by atoms with Crippen LogP contribution >= 0.6 is 7.60 Å². The van der Waals surface area contributed by atoms with Crippen LogP contribution in [0.5, 0.6) is 0 Å². The van der Waals surface area contributed by atoms with E-state index in [0.29, 0.717) is 0 Å². The molecule has 0 aliphatic heterocycles. The van der Waals surface area contributed by atoms with E-state index >= 15 is 0 Å². The predicted octanol–water partition coefficient (Wildman–Crippen LogP) is 6.15. The molecule has 0 amide bonds. The maximum atomic E-state index is 13.7. The van der Waals surface area contributed by atoms with Gasteiger partial charge in [-0.1, -0.05) is 48.0 Å². The fraction of sp³-hybridized carbons (Fsp3) is 0.400. The van der Waals surface area contributed by atoms with Gasteiger partial charge in [0.05, 0.1) is 12.2 Å². The SMILES string of the molecule is Cc1ccc(N[C@@H](c2ccccc2)P(=O)(OC(C)C)OC(C)C)cc1. The van der Waals surface area contributed by atoms with Gasteiger partial charge in [0.1, 0.15) is 0 Å². The van der Waals surface area contributed by atoms with Gasteiger partial charge < -0.3 is 14.4 Å². The van der Waals surface area contributed by atoms with Crippen molar-refractivity contribution in [1.82, 2.24) is 0 Å². The van der Waals surface area contributed by atoms with Crippen LogP contribution in [0.2, 0.25) is 0 Å².